The number of rotatable bonds is 6. The van der Waals surface area contributed by atoms with Crippen LogP contribution in [0.5, 0.6) is 0 Å². The van der Waals surface area contributed by atoms with Gasteiger partial charge in [0.05, 0.1) is 18.7 Å². The third-order valence-corrected chi connectivity index (χ3v) is 3.96. The summed E-state index contributed by atoms with van der Waals surface area (Å²) in [6, 6.07) is 5.04. The van der Waals surface area contributed by atoms with Crippen molar-refractivity contribution in [2.45, 2.75) is 25.2 Å². The Morgan fingerprint density at radius 2 is 1.88 bits per heavy atom. The molecule has 1 aromatic rings. The van der Waals surface area contributed by atoms with Crippen molar-refractivity contribution in [1.29, 1.82) is 0 Å². The molecule has 1 aliphatic heterocycles. The molecule has 25 heavy (non-hydrogen) atoms. The van der Waals surface area contributed by atoms with Gasteiger partial charge in [-0.15, -0.1) is 0 Å². The highest BCUT2D eigenvalue weighted by molar-refractivity contribution is 5.85. The molecule has 2 amide bonds. The van der Waals surface area contributed by atoms with Crippen LogP contribution in [0.4, 0.5) is 13.2 Å². The minimum absolute atomic E-state index is 0.0447. The number of benzene rings is 1. The largest absolute Gasteiger partial charge is 0.416 e. The van der Waals surface area contributed by atoms with E-state index < -0.39 is 17.6 Å². The average molecular weight is 358 g/mol. The first-order valence-corrected chi connectivity index (χ1v) is 7.92. The summed E-state index contributed by atoms with van der Waals surface area (Å²) in [6.45, 7) is 1.58. The summed E-state index contributed by atoms with van der Waals surface area (Å²) in [5, 5.41) is 5.21. The number of nitrogens with one attached hydrogen (secondary N) is 2. The predicted octanol–water partition coefficient (Wildman–Crippen LogP) is 0.471. The van der Waals surface area contributed by atoms with Gasteiger partial charge in [0.1, 0.15) is 0 Å². The van der Waals surface area contributed by atoms with Crippen LogP contribution in [-0.4, -0.2) is 48.9 Å². The van der Waals surface area contributed by atoms with Crippen molar-refractivity contribution in [2.24, 2.45) is 5.73 Å². The summed E-state index contributed by atoms with van der Waals surface area (Å²) in [6.07, 6.45) is -3.59. The fourth-order valence-electron chi connectivity index (χ4n) is 2.68. The zero-order chi connectivity index (χ0) is 18.4. The highest BCUT2D eigenvalue weighted by atomic mass is 19.4. The van der Waals surface area contributed by atoms with Gasteiger partial charge in [0.2, 0.25) is 11.8 Å². The molecule has 1 unspecified atom stereocenters. The molecular formula is C16H21F3N4O2. The van der Waals surface area contributed by atoms with Crippen molar-refractivity contribution in [3.8, 4) is 0 Å². The number of alkyl halides is 3. The number of amides is 2. The molecule has 0 saturated carbocycles. The second-order valence-electron chi connectivity index (χ2n) is 5.96. The van der Waals surface area contributed by atoms with Crippen LogP contribution in [0.3, 0.4) is 0 Å². The molecule has 0 aromatic heterocycles. The predicted molar refractivity (Wildman–Crippen MR) is 85.3 cm³/mol. The Labute approximate surface area is 143 Å². The maximum absolute atomic E-state index is 12.5. The van der Waals surface area contributed by atoms with E-state index in [1.165, 1.54) is 12.1 Å². The van der Waals surface area contributed by atoms with E-state index in [1.54, 1.807) is 0 Å². The maximum atomic E-state index is 12.5. The van der Waals surface area contributed by atoms with Gasteiger partial charge < -0.3 is 16.4 Å². The van der Waals surface area contributed by atoms with Gasteiger partial charge >= 0.3 is 6.18 Å². The number of nitrogens with two attached hydrogens (primary N) is 1. The Morgan fingerprint density at radius 1 is 1.20 bits per heavy atom. The lowest BCUT2D eigenvalue weighted by atomic mass is 10.1. The van der Waals surface area contributed by atoms with Crippen LogP contribution >= 0.6 is 0 Å². The summed E-state index contributed by atoms with van der Waals surface area (Å²) in [5.74, 6) is -0.686. The van der Waals surface area contributed by atoms with Crippen molar-refractivity contribution in [2.75, 3.05) is 26.2 Å². The van der Waals surface area contributed by atoms with E-state index in [1.807, 2.05) is 0 Å². The van der Waals surface area contributed by atoms with E-state index >= 15 is 0 Å². The lowest BCUT2D eigenvalue weighted by Crippen LogP contribution is -2.44. The van der Waals surface area contributed by atoms with Gasteiger partial charge in [-0.2, -0.15) is 13.2 Å². The molecule has 0 radical (unpaired) electrons. The Hall–Kier alpha value is -2.13. The monoisotopic (exact) mass is 358 g/mol. The molecule has 1 heterocycles. The van der Waals surface area contributed by atoms with E-state index in [9.17, 15) is 22.8 Å². The number of halogens is 3. The summed E-state index contributed by atoms with van der Waals surface area (Å²) in [7, 11) is 0. The Morgan fingerprint density at radius 3 is 2.48 bits per heavy atom. The normalized spacial score (nSPS) is 18.2. The quantitative estimate of drug-likeness (QED) is 0.690. The van der Waals surface area contributed by atoms with Crippen LogP contribution in [0.25, 0.3) is 0 Å². The number of carbonyl (C=O) groups excluding carboxylic acids is 2. The van der Waals surface area contributed by atoms with Crippen LogP contribution in [-0.2, 0) is 22.3 Å². The van der Waals surface area contributed by atoms with Crippen molar-refractivity contribution in [3.05, 3.63) is 35.4 Å². The zero-order valence-electron chi connectivity index (χ0n) is 13.6. The van der Waals surface area contributed by atoms with E-state index in [-0.39, 0.29) is 25.0 Å². The van der Waals surface area contributed by atoms with Crippen LogP contribution < -0.4 is 16.4 Å². The van der Waals surface area contributed by atoms with Gasteiger partial charge in [-0.05, 0) is 24.1 Å². The fourth-order valence-corrected chi connectivity index (χ4v) is 2.68. The first-order chi connectivity index (χ1) is 11.8. The van der Waals surface area contributed by atoms with E-state index in [0.717, 1.165) is 30.7 Å². The maximum Gasteiger partial charge on any atom is 0.416 e. The van der Waals surface area contributed by atoms with Gasteiger partial charge in [0.15, 0.2) is 0 Å². The molecule has 0 bridgehead atoms. The summed E-state index contributed by atoms with van der Waals surface area (Å²) < 4.78 is 37.6. The van der Waals surface area contributed by atoms with Crippen molar-refractivity contribution in [1.82, 2.24) is 15.5 Å². The van der Waals surface area contributed by atoms with E-state index in [0.29, 0.717) is 13.1 Å². The summed E-state index contributed by atoms with van der Waals surface area (Å²) >= 11 is 0. The molecule has 2 rings (SSSR count). The molecule has 0 spiro atoms. The zero-order valence-corrected chi connectivity index (χ0v) is 13.6. The van der Waals surface area contributed by atoms with Gasteiger partial charge in [-0.25, -0.2) is 0 Å². The van der Waals surface area contributed by atoms with Gasteiger partial charge in [-0.3, -0.25) is 14.5 Å². The molecule has 4 N–H and O–H groups in total. The standard InChI is InChI=1S/C16H21F3N4O2/c17-16(18,19)12-3-1-11(2-4-12)9-23-6-5-13(10-23)22-15(25)8-21-14(24)7-20/h1-4,13H,5-10,20H2,(H,21,24)(H,22,25). The minimum atomic E-state index is -4.33. The first kappa shape index (κ1) is 19.2. The van der Waals surface area contributed by atoms with Gasteiger partial charge in [0.25, 0.3) is 0 Å². The highest BCUT2D eigenvalue weighted by Crippen LogP contribution is 2.29. The van der Waals surface area contributed by atoms with Crippen LogP contribution in [0.2, 0.25) is 0 Å². The Balaban J connectivity index is 1.77. The second-order valence-corrected chi connectivity index (χ2v) is 5.96. The van der Waals surface area contributed by atoms with Gasteiger partial charge in [-0.1, -0.05) is 12.1 Å². The third-order valence-electron chi connectivity index (χ3n) is 3.96. The number of hydrogen-bond donors (Lipinski definition) is 3. The average Bonchev–Trinajstić information content (AvgIpc) is 2.99. The van der Waals surface area contributed by atoms with Crippen LogP contribution in [0, 0.1) is 0 Å². The lowest BCUT2D eigenvalue weighted by Gasteiger charge is -2.17. The van der Waals surface area contributed by atoms with E-state index in [4.69, 9.17) is 5.73 Å². The fraction of sp³-hybridized carbons (Fsp3) is 0.500. The van der Waals surface area contributed by atoms with Crippen molar-refractivity contribution in [3.63, 3.8) is 0 Å². The SMILES string of the molecule is NCC(=O)NCC(=O)NC1CCN(Cc2ccc(C(F)(F)F)cc2)C1. The summed E-state index contributed by atoms with van der Waals surface area (Å²) in [5.41, 5.74) is 5.26. The minimum Gasteiger partial charge on any atom is -0.350 e. The molecule has 1 fully saturated rings. The molecule has 1 aliphatic rings. The molecule has 9 heteroatoms. The topological polar surface area (TPSA) is 87.5 Å². The molecule has 138 valence electrons. The smallest absolute Gasteiger partial charge is 0.350 e. The second kappa shape index (κ2) is 8.30. The number of hydrogen-bond acceptors (Lipinski definition) is 4. The number of nitrogens with zero attached hydrogens (tertiary/aromatic N) is 1. The highest BCUT2D eigenvalue weighted by Gasteiger charge is 2.30. The van der Waals surface area contributed by atoms with Crippen molar-refractivity contribution >= 4 is 11.8 Å². The number of likely N-dealkylation sites (tertiary alicyclic amines) is 1. The van der Waals surface area contributed by atoms with E-state index in [2.05, 4.69) is 15.5 Å². The molecule has 1 atom stereocenters. The molecule has 1 aromatic carbocycles. The third kappa shape index (κ3) is 6.02. The first-order valence-electron chi connectivity index (χ1n) is 7.92. The molecule has 6 nitrogen and oxygen atoms in total. The molecule has 1 saturated heterocycles. The van der Waals surface area contributed by atoms with Crippen LogP contribution in [0.1, 0.15) is 17.5 Å². The Kier molecular flexibility index (Phi) is 6.38. The van der Waals surface area contributed by atoms with Gasteiger partial charge in [0, 0.05) is 25.7 Å². The Bertz CT molecular complexity index is 604. The number of carbonyl (C=O) groups is 2. The molecule has 0 aliphatic carbocycles. The van der Waals surface area contributed by atoms with Crippen LogP contribution in [0.15, 0.2) is 24.3 Å². The summed E-state index contributed by atoms with van der Waals surface area (Å²) in [4.78, 5) is 24.8. The van der Waals surface area contributed by atoms with Crippen molar-refractivity contribution < 1.29 is 22.8 Å². The molecular weight excluding hydrogens is 337 g/mol. The lowest BCUT2D eigenvalue weighted by molar-refractivity contribution is -0.137.